The first-order valence-corrected chi connectivity index (χ1v) is 13.7. The van der Waals surface area contributed by atoms with Gasteiger partial charge in [0, 0.05) is 22.6 Å². The van der Waals surface area contributed by atoms with E-state index in [4.69, 9.17) is 32.7 Å². The molecule has 2 aromatic heterocycles. The quantitative estimate of drug-likeness (QED) is 0.251. The third-order valence-corrected chi connectivity index (χ3v) is 7.71. The van der Waals surface area contributed by atoms with Crippen LogP contribution >= 0.6 is 34.5 Å². The van der Waals surface area contributed by atoms with E-state index in [1.54, 1.807) is 32.9 Å². The Labute approximate surface area is 233 Å². The molecule has 1 fully saturated rings. The van der Waals surface area contributed by atoms with Crippen LogP contribution in [0.2, 0.25) is 10.2 Å². The molecule has 2 aromatic carbocycles. The number of rotatable bonds is 5. The van der Waals surface area contributed by atoms with Crippen LogP contribution in [0, 0.1) is 5.82 Å². The van der Waals surface area contributed by atoms with Crippen molar-refractivity contribution in [1.82, 2.24) is 19.9 Å². The molecule has 0 radical (unpaired) electrons. The highest BCUT2D eigenvalue weighted by Gasteiger charge is 2.25. The lowest BCUT2D eigenvalue weighted by atomic mass is 10.0. The Bertz CT molecular complexity index is 1540. The Morgan fingerprint density at radius 1 is 1.24 bits per heavy atom. The minimum Gasteiger partial charge on any atom is -0.462 e. The van der Waals surface area contributed by atoms with E-state index in [0.717, 1.165) is 24.1 Å². The number of carbonyl (C=O) groups excluding carboxylic acids is 1. The molecule has 1 atom stereocenters. The molecule has 1 amide bonds. The van der Waals surface area contributed by atoms with Crippen LogP contribution in [0.3, 0.4) is 0 Å². The van der Waals surface area contributed by atoms with Gasteiger partial charge >= 0.3 is 12.1 Å². The van der Waals surface area contributed by atoms with E-state index < -0.39 is 17.5 Å². The number of para-hydroxylation sites is 1. The Balaban J connectivity index is 1.52. The van der Waals surface area contributed by atoms with Gasteiger partial charge in [0.05, 0.1) is 15.2 Å². The highest BCUT2D eigenvalue weighted by molar-refractivity contribution is 7.22. The minimum absolute atomic E-state index is 0.00138. The number of carbonyl (C=O) groups is 1. The summed E-state index contributed by atoms with van der Waals surface area (Å²) in [5, 5.41) is 3.41. The molecular formula is C26H26Cl2FN5O3S. The summed E-state index contributed by atoms with van der Waals surface area (Å²) in [6.45, 7) is 6.69. The van der Waals surface area contributed by atoms with Crippen molar-refractivity contribution in [3.8, 4) is 17.1 Å². The number of amides is 1. The summed E-state index contributed by atoms with van der Waals surface area (Å²) >= 11 is 14.2. The van der Waals surface area contributed by atoms with Crippen molar-refractivity contribution in [1.29, 1.82) is 0 Å². The van der Waals surface area contributed by atoms with Crippen LogP contribution in [0.25, 0.3) is 32.2 Å². The zero-order valence-electron chi connectivity index (χ0n) is 21.3. The molecule has 200 valence electrons. The zero-order chi connectivity index (χ0) is 27.2. The second kappa shape index (κ2) is 10.4. The van der Waals surface area contributed by atoms with Gasteiger partial charge in [0.25, 0.3) is 0 Å². The Morgan fingerprint density at radius 3 is 2.74 bits per heavy atom. The first kappa shape index (κ1) is 26.8. The summed E-state index contributed by atoms with van der Waals surface area (Å²) < 4.78 is 28.0. The van der Waals surface area contributed by atoms with Gasteiger partial charge in [0.2, 0.25) is 0 Å². The van der Waals surface area contributed by atoms with E-state index in [-0.39, 0.29) is 38.7 Å². The maximum absolute atomic E-state index is 16.1. The first-order valence-electron chi connectivity index (χ1n) is 12.1. The first-order chi connectivity index (χ1) is 18.0. The number of thiazole rings is 1. The summed E-state index contributed by atoms with van der Waals surface area (Å²) in [7, 11) is 2.04. The van der Waals surface area contributed by atoms with Crippen molar-refractivity contribution in [2.75, 3.05) is 25.5 Å². The SMILES string of the molecule is CN1CCCC1COc1nc(Cl)c2cc(Cl)c(-c3cccc4sc(NC(=O)OC(C)(C)C)nc34)c(F)c2n1. The molecule has 1 saturated heterocycles. The highest BCUT2D eigenvalue weighted by atomic mass is 35.5. The van der Waals surface area contributed by atoms with E-state index in [1.807, 2.05) is 13.1 Å². The average molecular weight is 578 g/mol. The fourth-order valence-corrected chi connectivity index (χ4v) is 5.80. The van der Waals surface area contributed by atoms with Gasteiger partial charge < -0.3 is 14.4 Å². The lowest BCUT2D eigenvalue weighted by Gasteiger charge is -2.19. The molecule has 4 aromatic rings. The maximum Gasteiger partial charge on any atom is 0.413 e. The largest absolute Gasteiger partial charge is 0.462 e. The number of nitrogens with one attached hydrogen (secondary N) is 1. The van der Waals surface area contributed by atoms with Crippen LogP contribution in [-0.2, 0) is 4.74 Å². The monoisotopic (exact) mass is 577 g/mol. The normalized spacial score (nSPS) is 16.3. The van der Waals surface area contributed by atoms with E-state index in [2.05, 4.69) is 25.2 Å². The third kappa shape index (κ3) is 5.49. The summed E-state index contributed by atoms with van der Waals surface area (Å²) in [6.07, 6.45) is 1.47. The Morgan fingerprint density at radius 2 is 2.03 bits per heavy atom. The second-order valence-corrected chi connectivity index (χ2v) is 11.9. The van der Waals surface area contributed by atoms with Crippen LogP contribution in [-0.4, -0.2) is 57.8 Å². The summed E-state index contributed by atoms with van der Waals surface area (Å²) in [5.74, 6) is -0.665. The van der Waals surface area contributed by atoms with E-state index in [9.17, 15) is 4.79 Å². The van der Waals surface area contributed by atoms with Crippen molar-refractivity contribution in [3.63, 3.8) is 0 Å². The van der Waals surface area contributed by atoms with Gasteiger partial charge in [-0.2, -0.15) is 9.97 Å². The summed E-state index contributed by atoms with van der Waals surface area (Å²) in [5.41, 5.74) is 0.385. The molecule has 12 heteroatoms. The van der Waals surface area contributed by atoms with Gasteiger partial charge in [-0.25, -0.2) is 14.2 Å². The van der Waals surface area contributed by atoms with Crippen LogP contribution in [0.15, 0.2) is 24.3 Å². The number of likely N-dealkylation sites (tertiary alicyclic amines) is 1. The number of halogens is 3. The van der Waals surface area contributed by atoms with Gasteiger partial charge in [0.15, 0.2) is 10.9 Å². The lowest BCUT2D eigenvalue weighted by molar-refractivity contribution is 0.0636. The maximum atomic E-state index is 16.1. The molecule has 38 heavy (non-hydrogen) atoms. The number of hydrogen-bond donors (Lipinski definition) is 1. The van der Waals surface area contributed by atoms with Crippen LogP contribution in [0.5, 0.6) is 6.01 Å². The topological polar surface area (TPSA) is 89.5 Å². The molecule has 0 saturated carbocycles. The number of benzene rings is 2. The molecule has 3 heterocycles. The molecule has 1 unspecified atom stereocenters. The van der Waals surface area contributed by atoms with Crippen molar-refractivity contribution in [2.45, 2.75) is 45.3 Å². The Hall–Kier alpha value is -2.79. The number of aromatic nitrogens is 3. The highest BCUT2D eigenvalue weighted by Crippen LogP contribution is 2.41. The predicted octanol–water partition coefficient (Wildman–Crippen LogP) is 7.17. The van der Waals surface area contributed by atoms with Gasteiger partial charge in [-0.15, -0.1) is 0 Å². The molecule has 8 nitrogen and oxygen atoms in total. The lowest BCUT2D eigenvalue weighted by Crippen LogP contribution is -2.30. The molecule has 5 rings (SSSR count). The average Bonchev–Trinajstić information content (AvgIpc) is 3.42. The van der Waals surface area contributed by atoms with Gasteiger partial charge in [-0.3, -0.25) is 5.32 Å². The van der Waals surface area contributed by atoms with Gasteiger partial charge in [0.1, 0.15) is 22.9 Å². The number of anilines is 1. The second-order valence-electron chi connectivity index (χ2n) is 10.1. The van der Waals surface area contributed by atoms with E-state index in [0.29, 0.717) is 22.8 Å². The molecule has 0 aliphatic carbocycles. The standard InChI is InChI=1S/C26H26Cl2FN5O3S/c1-26(2,3)37-25(35)33-24-31-20-14(8-5-9-17(20)38-24)18-16(27)11-15-21(19(18)29)30-23(32-22(15)28)36-12-13-7-6-10-34(13)4/h5,8-9,11,13H,6-7,10,12H2,1-4H3,(H,31,33,35). The smallest absolute Gasteiger partial charge is 0.413 e. The van der Waals surface area contributed by atoms with Gasteiger partial charge in [-0.1, -0.05) is 46.7 Å². The number of hydrogen-bond acceptors (Lipinski definition) is 8. The summed E-state index contributed by atoms with van der Waals surface area (Å²) in [4.78, 5) is 27.5. The third-order valence-electron chi connectivity index (χ3n) is 6.19. The number of fused-ring (bicyclic) bond motifs is 2. The fourth-order valence-electron chi connectivity index (χ4n) is 4.41. The molecule has 1 aliphatic heterocycles. The van der Waals surface area contributed by atoms with Crippen LogP contribution in [0.1, 0.15) is 33.6 Å². The molecule has 0 bridgehead atoms. The van der Waals surface area contributed by atoms with Gasteiger partial charge in [-0.05, 0) is 59.3 Å². The van der Waals surface area contributed by atoms with Crippen molar-refractivity contribution >= 4 is 66.9 Å². The molecular weight excluding hydrogens is 552 g/mol. The fraction of sp³-hybridized carbons (Fsp3) is 0.385. The summed E-state index contributed by atoms with van der Waals surface area (Å²) in [6, 6.07) is 7.10. The molecule has 1 aliphatic rings. The number of nitrogens with zero attached hydrogens (tertiary/aromatic N) is 4. The molecule has 1 N–H and O–H groups in total. The van der Waals surface area contributed by atoms with Crippen LogP contribution in [0.4, 0.5) is 14.3 Å². The zero-order valence-corrected chi connectivity index (χ0v) is 23.6. The number of likely N-dealkylation sites (N-methyl/N-ethyl adjacent to an activating group) is 1. The Kier molecular flexibility index (Phi) is 7.34. The van der Waals surface area contributed by atoms with Crippen LogP contribution < -0.4 is 10.1 Å². The van der Waals surface area contributed by atoms with Crippen molar-refractivity contribution in [3.05, 3.63) is 40.3 Å². The van der Waals surface area contributed by atoms with E-state index >= 15 is 4.39 Å². The van der Waals surface area contributed by atoms with Crippen molar-refractivity contribution in [2.24, 2.45) is 0 Å². The predicted molar refractivity (Wildman–Crippen MR) is 149 cm³/mol. The van der Waals surface area contributed by atoms with E-state index in [1.165, 1.54) is 17.4 Å². The molecule has 0 spiro atoms. The minimum atomic E-state index is -0.665. The number of ether oxygens (including phenoxy) is 2. The van der Waals surface area contributed by atoms with Crippen molar-refractivity contribution < 1.29 is 18.7 Å².